The van der Waals surface area contributed by atoms with E-state index in [1.807, 2.05) is 10.5 Å². The van der Waals surface area contributed by atoms with Crippen LogP contribution in [-0.2, 0) is 0 Å². The Morgan fingerprint density at radius 2 is 2.05 bits per heavy atom. The number of rotatable bonds is 1. The summed E-state index contributed by atoms with van der Waals surface area (Å²) in [6, 6.07) is 8.68. The van der Waals surface area contributed by atoms with Crippen molar-refractivity contribution in [3.8, 4) is 0 Å². The van der Waals surface area contributed by atoms with Crippen LogP contribution in [0, 0.1) is 0 Å². The van der Waals surface area contributed by atoms with Gasteiger partial charge in [-0.15, -0.1) is 0 Å². The molecule has 0 saturated heterocycles. The van der Waals surface area contributed by atoms with Crippen molar-refractivity contribution in [2.24, 2.45) is 0 Å². The Morgan fingerprint density at radius 3 is 2.86 bits per heavy atom. The van der Waals surface area contributed by atoms with Crippen LogP contribution in [0.15, 0.2) is 42.7 Å². The zero-order valence-corrected chi connectivity index (χ0v) is 10.8. The Hall–Kier alpha value is -3.15. The number of hydrogen-bond acceptors (Lipinski definition) is 4. The smallest absolute Gasteiger partial charge is 0.335 e. The topological polar surface area (TPSA) is 93.5 Å². The number of nitrogens with two attached hydrogens (primary N) is 1. The maximum atomic E-state index is 11.1. The van der Waals surface area contributed by atoms with Crippen molar-refractivity contribution in [3.05, 3.63) is 48.3 Å². The molecule has 3 N–H and O–H groups in total. The van der Waals surface area contributed by atoms with Crippen LogP contribution in [-0.4, -0.2) is 25.4 Å². The van der Waals surface area contributed by atoms with Crippen molar-refractivity contribution in [1.82, 2.24) is 14.4 Å². The molecule has 0 unspecified atom stereocenters. The average Bonchev–Trinajstić information content (AvgIpc) is 2.85. The molecule has 3 heterocycles. The minimum Gasteiger partial charge on any atom is -0.478 e. The molecule has 0 fully saturated rings. The minimum absolute atomic E-state index is 0.252. The molecule has 0 aliphatic carbocycles. The average molecular weight is 278 g/mol. The number of hydrogen-bond donors (Lipinski definition) is 2. The van der Waals surface area contributed by atoms with E-state index in [2.05, 4.69) is 9.97 Å². The lowest BCUT2D eigenvalue weighted by molar-refractivity contribution is 0.0697. The molecule has 6 heteroatoms. The van der Waals surface area contributed by atoms with Gasteiger partial charge in [-0.2, -0.15) is 0 Å². The van der Waals surface area contributed by atoms with E-state index < -0.39 is 5.97 Å². The van der Waals surface area contributed by atoms with Crippen LogP contribution in [0.4, 0.5) is 5.82 Å². The lowest BCUT2D eigenvalue weighted by Gasteiger charge is -2.05. The van der Waals surface area contributed by atoms with Crippen molar-refractivity contribution in [1.29, 1.82) is 0 Å². The van der Waals surface area contributed by atoms with Gasteiger partial charge in [0.1, 0.15) is 11.3 Å². The van der Waals surface area contributed by atoms with Crippen molar-refractivity contribution in [2.45, 2.75) is 0 Å². The fraction of sp³-hybridized carbons (Fsp3) is 0. The molecule has 3 aromatic heterocycles. The van der Waals surface area contributed by atoms with Crippen molar-refractivity contribution >= 4 is 39.2 Å². The van der Waals surface area contributed by atoms with Crippen molar-refractivity contribution < 1.29 is 9.90 Å². The Kier molecular flexibility index (Phi) is 2.18. The van der Waals surface area contributed by atoms with Crippen molar-refractivity contribution in [3.63, 3.8) is 0 Å². The predicted molar refractivity (Wildman–Crippen MR) is 79.4 cm³/mol. The largest absolute Gasteiger partial charge is 0.478 e. The molecule has 0 bridgehead atoms. The third-order valence-corrected chi connectivity index (χ3v) is 3.57. The van der Waals surface area contributed by atoms with E-state index in [1.165, 1.54) is 0 Å². The van der Waals surface area contributed by atoms with E-state index in [4.69, 9.17) is 10.8 Å². The van der Waals surface area contributed by atoms with E-state index >= 15 is 0 Å². The van der Waals surface area contributed by atoms with Gasteiger partial charge in [0.25, 0.3) is 0 Å². The SMILES string of the molecule is Nc1nccc2ncc3cc4cc(C(=O)O)ccc4n3c12. The van der Waals surface area contributed by atoms with Crippen LogP contribution in [0.2, 0.25) is 0 Å². The van der Waals surface area contributed by atoms with Crippen LogP contribution >= 0.6 is 0 Å². The van der Waals surface area contributed by atoms with Gasteiger partial charge in [0.15, 0.2) is 0 Å². The fourth-order valence-electron chi connectivity index (χ4n) is 2.64. The molecule has 21 heavy (non-hydrogen) atoms. The summed E-state index contributed by atoms with van der Waals surface area (Å²) in [5, 5.41) is 9.91. The van der Waals surface area contributed by atoms with Gasteiger partial charge in [-0.25, -0.2) is 9.78 Å². The molecule has 0 aliphatic rings. The number of aromatic carboxylic acids is 1. The van der Waals surface area contributed by atoms with E-state index in [0.717, 1.165) is 27.5 Å². The second-order valence-corrected chi connectivity index (χ2v) is 4.81. The zero-order valence-electron chi connectivity index (χ0n) is 10.8. The molecule has 1 aromatic carbocycles. The van der Waals surface area contributed by atoms with E-state index in [1.54, 1.807) is 36.7 Å². The highest BCUT2D eigenvalue weighted by Crippen LogP contribution is 2.27. The lowest BCUT2D eigenvalue weighted by Crippen LogP contribution is -1.99. The molecule has 0 spiro atoms. The highest BCUT2D eigenvalue weighted by Gasteiger charge is 2.11. The van der Waals surface area contributed by atoms with Gasteiger partial charge in [0.2, 0.25) is 0 Å². The normalized spacial score (nSPS) is 11.4. The number of benzene rings is 1. The van der Waals surface area contributed by atoms with Crippen LogP contribution in [0.25, 0.3) is 27.5 Å². The first-order valence-corrected chi connectivity index (χ1v) is 6.33. The zero-order chi connectivity index (χ0) is 14.6. The number of pyridine rings is 1. The Bertz CT molecular complexity index is 1040. The Labute approximate surface area is 118 Å². The molecule has 0 radical (unpaired) electrons. The van der Waals surface area contributed by atoms with E-state index in [-0.39, 0.29) is 5.56 Å². The molecular formula is C15H10N4O2. The van der Waals surface area contributed by atoms with Gasteiger partial charge in [-0.3, -0.25) is 4.98 Å². The lowest BCUT2D eigenvalue weighted by atomic mass is 10.1. The van der Waals surface area contributed by atoms with Crippen LogP contribution < -0.4 is 5.73 Å². The van der Waals surface area contributed by atoms with E-state index in [0.29, 0.717) is 5.82 Å². The predicted octanol–water partition coefficient (Wildman–Crippen LogP) is 2.32. The number of nitrogen functional groups attached to an aromatic ring is 1. The van der Waals surface area contributed by atoms with Gasteiger partial charge in [0, 0.05) is 11.6 Å². The van der Waals surface area contributed by atoms with Gasteiger partial charge in [-0.1, -0.05) is 0 Å². The second-order valence-electron chi connectivity index (χ2n) is 4.81. The summed E-state index contributed by atoms with van der Waals surface area (Å²) in [6.07, 6.45) is 3.35. The summed E-state index contributed by atoms with van der Waals surface area (Å²) in [6.45, 7) is 0. The molecular weight excluding hydrogens is 268 g/mol. The molecule has 102 valence electrons. The first-order chi connectivity index (χ1) is 10.1. The molecule has 0 saturated carbocycles. The van der Waals surface area contributed by atoms with Gasteiger partial charge in [-0.05, 0) is 30.3 Å². The Balaban J connectivity index is 2.23. The number of fused-ring (bicyclic) bond motifs is 5. The standard InChI is InChI=1S/C15H10N4O2/c16-14-13-11(3-4-17-14)18-7-10-6-9-5-8(15(20)21)1-2-12(9)19(10)13/h1-7H,(H2,16,17)(H,20,21). The summed E-state index contributed by atoms with van der Waals surface area (Å²) in [4.78, 5) is 19.6. The fourth-order valence-corrected chi connectivity index (χ4v) is 2.64. The number of aromatic nitrogens is 3. The number of anilines is 1. The van der Waals surface area contributed by atoms with Gasteiger partial charge >= 0.3 is 5.97 Å². The third-order valence-electron chi connectivity index (χ3n) is 3.57. The van der Waals surface area contributed by atoms with Crippen molar-refractivity contribution in [2.75, 3.05) is 5.73 Å². The summed E-state index contributed by atoms with van der Waals surface area (Å²) in [5.41, 5.74) is 9.44. The number of carboxylic acids is 1. The molecule has 0 atom stereocenters. The monoisotopic (exact) mass is 278 g/mol. The van der Waals surface area contributed by atoms with Crippen LogP contribution in [0.1, 0.15) is 10.4 Å². The summed E-state index contributed by atoms with van der Waals surface area (Å²) in [7, 11) is 0. The highest BCUT2D eigenvalue weighted by molar-refractivity contribution is 5.99. The number of carbonyl (C=O) groups is 1. The van der Waals surface area contributed by atoms with Gasteiger partial charge in [0.05, 0.1) is 28.3 Å². The number of carboxylic acid groups (broad SMARTS) is 1. The van der Waals surface area contributed by atoms with Gasteiger partial charge < -0.3 is 15.2 Å². The molecule has 4 rings (SSSR count). The van der Waals surface area contributed by atoms with Crippen LogP contribution in [0.3, 0.4) is 0 Å². The quantitative estimate of drug-likeness (QED) is 0.557. The first-order valence-electron chi connectivity index (χ1n) is 6.33. The second kappa shape index (κ2) is 3.92. The molecule has 0 aliphatic heterocycles. The first kappa shape index (κ1) is 11.7. The van der Waals surface area contributed by atoms with Crippen LogP contribution in [0.5, 0.6) is 0 Å². The number of nitrogens with zero attached hydrogens (tertiary/aromatic N) is 3. The minimum atomic E-state index is -0.948. The molecule has 6 nitrogen and oxygen atoms in total. The summed E-state index contributed by atoms with van der Waals surface area (Å²) >= 11 is 0. The van der Waals surface area contributed by atoms with E-state index in [9.17, 15) is 4.79 Å². The summed E-state index contributed by atoms with van der Waals surface area (Å²) in [5.74, 6) is -0.554. The maximum Gasteiger partial charge on any atom is 0.335 e. The molecule has 4 aromatic rings. The highest BCUT2D eigenvalue weighted by atomic mass is 16.4. The summed E-state index contributed by atoms with van der Waals surface area (Å²) < 4.78 is 1.95. The Morgan fingerprint density at radius 1 is 1.19 bits per heavy atom. The molecule has 0 amide bonds. The maximum absolute atomic E-state index is 11.1. The third kappa shape index (κ3) is 1.56.